The Morgan fingerprint density at radius 3 is 2.13 bits per heavy atom. The van der Waals surface area contributed by atoms with Crippen molar-refractivity contribution in [1.29, 1.82) is 0 Å². The molecule has 2 radical (unpaired) electrons. The van der Waals surface area contributed by atoms with Gasteiger partial charge in [-0.15, -0.1) is 6.58 Å². The highest BCUT2D eigenvalue weighted by Crippen LogP contribution is 2.28. The highest BCUT2D eigenvalue weighted by molar-refractivity contribution is 6.06. The van der Waals surface area contributed by atoms with Gasteiger partial charge in [-0.1, -0.05) is 51.1 Å². The molecule has 0 spiro atoms. The van der Waals surface area contributed by atoms with Gasteiger partial charge in [-0.25, -0.2) is 0 Å². The maximum Gasteiger partial charge on any atom is 0.391 e. The number of H-pyrrole nitrogens is 1. The molecule has 4 rings (SSSR count). The van der Waals surface area contributed by atoms with E-state index in [9.17, 15) is 0 Å². The smallest absolute Gasteiger partial charge is 0.315 e. The van der Waals surface area contributed by atoms with Crippen LogP contribution in [0.25, 0.3) is 22.1 Å². The van der Waals surface area contributed by atoms with Crippen molar-refractivity contribution in [3.05, 3.63) is 59.2 Å². The molecule has 0 bridgehead atoms. The Morgan fingerprint density at radius 1 is 0.933 bits per heavy atom. The lowest BCUT2D eigenvalue weighted by Gasteiger charge is -2.10. The van der Waals surface area contributed by atoms with E-state index in [0.717, 1.165) is 34.9 Å². The fraction of sp³-hybridized carbons (Fsp3) is 0.391. The number of hydrogen-bond acceptors (Lipinski definition) is 4. The second-order valence-electron chi connectivity index (χ2n) is 7.92. The summed E-state index contributed by atoms with van der Waals surface area (Å²) in [4.78, 5) is 0. The minimum Gasteiger partial charge on any atom is -0.315 e. The molecule has 0 saturated carbocycles. The Hall–Kier alpha value is -2.49. The van der Waals surface area contributed by atoms with Crippen molar-refractivity contribution in [1.82, 2.24) is 29.4 Å². The number of hydrogen-bond donors (Lipinski definition) is 1. The second-order valence-corrected chi connectivity index (χ2v) is 8.38. The molecule has 2 heterocycles. The molecular formula is C23H29AlN6. The summed E-state index contributed by atoms with van der Waals surface area (Å²) in [7, 11) is 0. The van der Waals surface area contributed by atoms with Crippen LogP contribution in [-0.2, 0) is 0 Å². The lowest BCUT2D eigenvalue weighted by Crippen LogP contribution is -1.96. The van der Waals surface area contributed by atoms with E-state index in [4.69, 9.17) is 0 Å². The van der Waals surface area contributed by atoms with Crippen LogP contribution >= 0.6 is 0 Å². The first-order valence-electron chi connectivity index (χ1n) is 10.4. The Morgan fingerprint density at radius 2 is 1.50 bits per heavy atom. The predicted molar refractivity (Wildman–Crippen MR) is 124 cm³/mol. The van der Waals surface area contributed by atoms with E-state index in [0.29, 0.717) is 11.8 Å². The molecule has 2 atom stereocenters. The van der Waals surface area contributed by atoms with Crippen LogP contribution < -0.4 is 0 Å². The number of aromatic amines is 1. The number of aryl methyl sites for hydroxylation is 2. The molecule has 4 aromatic rings. The Labute approximate surface area is 186 Å². The van der Waals surface area contributed by atoms with Gasteiger partial charge in [-0.2, -0.15) is 25.6 Å². The maximum atomic E-state index is 4.41. The van der Waals surface area contributed by atoms with Crippen molar-refractivity contribution in [3.63, 3.8) is 0 Å². The molecule has 1 N–H and O–H groups in total. The van der Waals surface area contributed by atoms with Crippen LogP contribution in [0.2, 0.25) is 0 Å². The van der Waals surface area contributed by atoms with E-state index < -0.39 is 0 Å². The zero-order valence-corrected chi connectivity index (χ0v) is 19.6. The normalized spacial score (nSPS) is 13.1. The van der Waals surface area contributed by atoms with E-state index in [2.05, 4.69) is 108 Å². The Balaban J connectivity index is 0.000000172. The fourth-order valence-electron chi connectivity index (χ4n) is 3.63. The molecular weight excluding hydrogens is 387 g/mol. The minimum atomic E-state index is 0.433. The highest BCUT2D eigenvalue weighted by Gasteiger charge is 2.13. The molecule has 0 saturated heterocycles. The van der Waals surface area contributed by atoms with Crippen molar-refractivity contribution < 1.29 is 0 Å². The number of nitrogens with one attached hydrogen (secondary N) is 1. The van der Waals surface area contributed by atoms with E-state index >= 15 is 0 Å². The summed E-state index contributed by atoms with van der Waals surface area (Å²) < 4.78 is 1.56. The van der Waals surface area contributed by atoms with E-state index in [-0.39, 0.29) is 0 Å². The number of fused-ring (bicyclic) bond motifs is 2. The molecule has 2 unspecified atom stereocenters. The zero-order valence-electron chi connectivity index (χ0n) is 18.5. The average molecular weight is 417 g/mol. The third-order valence-electron chi connectivity index (χ3n) is 5.69. The van der Waals surface area contributed by atoms with Gasteiger partial charge in [0.1, 0.15) is 22.1 Å². The van der Waals surface area contributed by atoms with Gasteiger partial charge in [0.2, 0.25) is 0 Å². The largest absolute Gasteiger partial charge is 0.391 e. The number of aromatic nitrogens is 6. The van der Waals surface area contributed by atoms with E-state index in [1.54, 1.807) is 3.78 Å². The molecule has 30 heavy (non-hydrogen) atoms. The van der Waals surface area contributed by atoms with Crippen molar-refractivity contribution in [2.24, 2.45) is 0 Å². The summed E-state index contributed by atoms with van der Waals surface area (Å²) in [5, 5.41) is 19.8. The van der Waals surface area contributed by atoms with Crippen molar-refractivity contribution in [3.8, 4) is 0 Å². The van der Waals surface area contributed by atoms with Gasteiger partial charge in [0.15, 0.2) is 0 Å². The SMILES string of the molecule is C=CCC(C)c1ccc(C)c2n[n]([Al])nc12.CCC(C)c1ccc(C)c2n[nH]nc12. The van der Waals surface area contributed by atoms with Crippen molar-refractivity contribution >= 4 is 38.6 Å². The lowest BCUT2D eigenvalue weighted by molar-refractivity contribution is 0.737. The van der Waals surface area contributed by atoms with Gasteiger partial charge >= 0.3 is 16.5 Å². The number of rotatable bonds is 5. The fourth-order valence-corrected chi connectivity index (χ4v) is 3.86. The summed E-state index contributed by atoms with van der Waals surface area (Å²) >= 11 is 2.48. The van der Waals surface area contributed by atoms with Gasteiger partial charge in [0.05, 0.1) is 0 Å². The summed E-state index contributed by atoms with van der Waals surface area (Å²) in [5.74, 6) is 0.977. The topological polar surface area (TPSA) is 72.3 Å². The van der Waals surface area contributed by atoms with Gasteiger partial charge in [0, 0.05) is 0 Å². The summed E-state index contributed by atoms with van der Waals surface area (Å²) in [6, 6.07) is 8.53. The first kappa shape index (κ1) is 22.2. The molecule has 0 aliphatic rings. The quantitative estimate of drug-likeness (QED) is 0.362. The second kappa shape index (κ2) is 9.55. The van der Waals surface area contributed by atoms with Crippen LogP contribution in [0.15, 0.2) is 36.9 Å². The Kier molecular flexibility index (Phi) is 7.07. The van der Waals surface area contributed by atoms with E-state index in [1.807, 2.05) is 6.08 Å². The lowest BCUT2D eigenvalue weighted by atomic mass is 9.95. The van der Waals surface area contributed by atoms with Gasteiger partial charge in [-0.3, -0.25) is 0 Å². The van der Waals surface area contributed by atoms with Crippen LogP contribution in [0.3, 0.4) is 0 Å². The zero-order chi connectivity index (χ0) is 21.8. The summed E-state index contributed by atoms with van der Waals surface area (Å²) in [6.45, 7) is 14.5. The van der Waals surface area contributed by atoms with Gasteiger partial charge < -0.3 is 3.78 Å². The van der Waals surface area contributed by atoms with Gasteiger partial charge in [-0.05, 0) is 60.8 Å². The van der Waals surface area contributed by atoms with Crippen LogP contribution in [0.4, 0.5) is 0 Å². The van der Waals surface area contributed by atoms with Crippen molar-refractivity contribution in [2.75, 3.05) is 0 Å². The average Bonchev–Trinajstić information content (AvgIpc) is 3.36. The molecule has 0 aliphatic heterocycles. The van der Waals surface area contributed by atoms with Crippen LogP contribution in [0.1, 0.15) is 67.7 Å². The van der Waals surface area contributed by atoms with Crippen molar-refractivity contribution in [2.45, 2.75) is 59.3 Å². The van der Waals surface area contributed by atoms with E-state index in [1.165, 1.54) is 22.3 Å². The summed E-state index contributed by atoms with van der Waals surface area (Å²) in [6.07, 6.45) is 4.04. The van der Waals surface area contributed by atoms with Crippen LogP contribution in [0, 0.1) is 13.8 Å². The molecule has 2 aromatic heterocycles. The monoisotopic (exact) mass is 416 g/mol. The first-order chi connectivity index (χ1) is 14.4. The Bertz CT molecular complexity index is 1160. The first-order valence-corrected chi connectivity index (χ1v) is 10.9. The summed E-state index contributed by atoms with van der Waals surface area (Å²) in [5.41, 5.74) is 8.91. The molecule has 7 heteroatoms. The predicted octanol–water partition coefficient (Wildman–Crippen LogP) is 5.13. The highest BCUT2D eigenvalue weighted by atomic mass is 27.1. The molecule has 154 valence electrons. The molecule has 6 nitrogen and oxygen atoms in total. The molecule has 0 fully saturated rings. The molecule has 0 aliphatic carbocycles. The maximum absolute atomic E-state index is 4.41. The van der Waals surface area contributed by atoms with Crippen LogP contribution in [0.5, 0.6) is 0 Å². The van der Waals surface area contributed by atoms with Crippen LogP contribution in [-0.4, -0.2) is 45.9 Å². The standard InChI is InChI=1S/C12H14N3.C11H15N3.Al/c1-4-5-8(2)10-7-6-9(3)11-12(10)14-15-13-11;1-4-7(2)9-6-5-8(3)10-11(9)13-14-12-10;/h4,6-8H,1,5H2,2-3H3;5-7H,4H2,1-3H3,(H,12,13,14);/q-1;;+1. The number of allylic oxidation sites excluding steroid dienone is 1. The molecule has 0 amide bonds. The third kappa shape index (κ3) is 4.48. The number of nitrogens with zero attached hydrogens (tertiary/aromatic N) is 5. The third-order valence-corrected chi connectivity index (χ3v) is 5.92. The minimum absolute atomic E-state index is 0.433. The van der Waals surface area contributed by atoms with Gasteiger partial charge in [0.25, 0.3) is 0 Å². The molecule has 2 aromatic carbocycles. The number of benzene rings is 2.